The van der Waals surface area contributed by atoms with E-state index in [4.69, 9.17) is 5.11 Å². The monoisotopic (exact) mass is 261 g/mol. The van der Waals surface area contributed by atoms with Gasteiger partial charge in [-0.05, 0) is 30.7 Å². The molecular formula is C14H15NO2S. The predicted octanol–water partition coefficient (Wildman–Crippen LogP) is 3.30. The molecule has 0 aliphatic rings. The molecule has 0 saturated carbocycles. The van der Waals surface area contributed by atoms with Crippen LogP contribution in [0.5, 0.6) is 0 Å². The highest BCUT2D eigenvalue weighted by molar-refractivity contribution is 7.12. The van der Waals surface area contributed by atoms with E-state index < -0.39 is 5.97 Å². The molecule has 0 spiro atoms. The Labute approximate surface area is 110 Å². The van der Waals surface area contributed by atoms with Crippen LogP contribution in [0.1, 0.15) is 15.3 Å². The van der Waals surface area contributed by atoms with Gasteiger partial charge in [-0.15, -0.1) is 11.3 Å². The average molecular weight is 261 g/mol. The van der Waals surface area contributed by atoms with Crippen LogP contribution in [0.3, 0.4) is 0 Å². The first-order valence-electron chi connectivity index (χ1n) is 5.74. The number of aryl methyl sites for hydroxylation is 1. The van der Waals surface area contributed by atoms with Crippen molar-refractivity contribution in [3.05, 3.63) is 51.7 Å². The lowest BCUT2D eigenvalue weighted by Crippen LogP contribution is -1.99. The zero-order chi connectivity index (χ0) is 13.0. The fourth-order valence-electron chi connectivity index (χ4n) is 1.71. The largest absolute Gasteiger partial charge is 0.481 e. The lowest BCUT2D eigenvalue weighted by Gasteiger charge is -2.07. The molecule has 2 rings (SSSR count). The van der Waals surface area contributed by atoms with E-state index in [1.165, 1.54) is 5.56 Å². The molecule has 1 aromatic carbocycles. The molecule has 2 N–H and O–H groups in total. The number of para-hydroxylation sites is 1. The molecule has 3 nitrogen and oxygen atoms in total. The van der Waals surface area contributed by atoms with Crippen LogP contribution in [0.25, 0.3) is 0 Å². The third-order valence-electron chi connectivity index (χ3n) is 2.64. The molecule has 1 aromatic heterocycles. The van der Waals surface area contributed by atoms with Crippen molar-refractivity contribution in [2.75, 3.05) is 5.32 Å². The van der Waals surface area contributed by atoms with E-state index in [1.807, 2.05) is 30.3 Å². The molecule has 0 unspecified atom stereocenters. The predicted molar refractivity (Wildman–Crippen MR) is 74.2 cm³/mol. The Bertz CT molecular complexity index is 548. The van der Waals surface area contributed by atoms with Gasteiger partial charge >= 0.3 is 5.97 Å². The molecule has 0 amide bonds. The van der Waals surface area contributed by atoms with E-state index in [0.29, 0.717) is 0 Å². The van der Waals surface area contributed by atoms with E-state index in [2.05, 4.69) is 18.3 Å². The summed E-state index contributed by atoms with van der Waals surface area (Å²) in [6.07, 6.45) is 0.106. The summed E-state index contributed by atoms with van der Waals surface area (Å²) in [4.78, 5) is 12.6. The molecule has 18 heavy (non-hydrogen) atoms. The maximum Gasteiger partial charge on any atom is 0.308 e. The second-order valence-corrected chi connectivity index (χ2v) is 5.36. The second-order valence-electron chi connectivity index (χ2n) is 4.11. The molecular weight excluding hydrogens is 246 g/mol. The average Bonchev–Trinajstić information content (AvgIpc) is 2.75. The number of hydrogen-bond acceptors (Lipinski definition) is 3. The van der Waals surface area contributed by atoms with Crippen molar-refractivity contribution in [1.82, 2.24) is 0 Å². The van der Waals surface area contributed by atoms with Gasteiger partial charge in [0.2, 0.25) is 0 Å². The van der Waals surface area contributed by atoms with Gasteiger partial charge in [0.15, 0.2) is 0 Å². The molecule has 0 radical (unpaired) electrons. The van der Waals surface area contributed by atoms with Gasteiger partial charge in [-0.3, -0.25) is 4.79 Å². The van der Waals surface area contributed by atoms with Crippen LogP contribution in [0.15, 0.2) is 36.4 Å². The van der Waals surface area contributed by atoms with Gasteiger partial charge in [0.05, 0.1) is 6.42 Å². The van der Waals surface area contributed by atoms with E-state index in [9.17, 15) is 4.79 Å². The van der Waals surface area contributed by atoms with Crippen LogP contribution in [-0.2, 0) is 17.8 Å². The quantitative estimate of drug-likeness (QED) is 0.868. The van der Waals surface area contributed by atoms with Crippen molar-refractivity contribution in [1.29, 1.82) is 0 Å². The summed E-state index contributed by atoms with van der Waals surface area (Å²) in [6, 6.07) is 12.0. The van der Waals surface area contributed by atoms with Crippen molar-refractivity contribution in [3.63, 3.8) is 0 Å². The summed E-state index contributed by atoms with van der Waals surface area (Å²) >= 11 is 1.54. The number of nitrogens with one attached hydrogen (secondary N) is 1. The SMILES string of the molecule is Cc1ccccc1NCc1ccc(CC(=O)O)s1. The first-order chi connectivity index (χ1) is 8.65. The van der Waals surface area contributed by atoms with Gasteiger partial charge in [-0.2, -0.15) is 0 Å². The second kappa shape index (κ2) is 5.69. The number of anilines is 1. The van der Waals surface area contributed by atoms with Crippen LogP contribution in [0.2, 0.25) is 0 Å². The first kappa shape index (κ1) is 12.6. The molecule has 94 valence electrons. The molecule has 0 aliphatic carbocycles. The standard InChI is InChI=1S/C14H15NO2S/c1-10-4-2-3-5-13(10)15-9-12-7-6-11(18-12)8-14(16)17/h2-7,15H,8-9H2,1H3,(H,16,17). The number of carboxylic acids is 1. The summed E-state index contributed by atoms with van der Waals surface area (Å²) in [5.74, 6) is -0.782. The number of carboxylic acid groups (broad SMARTS) is 1. The van der Waals surface area contributed by atoms with E-state index in [0.717, 1.165) is 22.0 Å². The molecule has 0 bridgehead atoms. The maximum atomic E-state index is 10.6. The fourth-order valence-corrected chi connectivity index (χ4v) is 2.66. The lowest BCUT2D eigenvalue weighted by molar-refractivity contribution is -0.136. The summed E-state index contributed by atoms with van der Waals surface area (Å²) in [5, 5.41) is 12.1. The van der Waals surface area contributed by atoms with Gasteiger partial charge in [-0.1, -0.05) is 18.2 Å². The van der Waals surface area contributed by atoms with Crippen molar-refractivity contribution in [2.45, 2.75) is 19.9 Å². The Kier molecular flexibility index (Phi) is 3.99. The van der Waals surface area contributed by atoms with Crippen molar-refractivity contribution in [3.8, 4) is 0 Å². The third kappa shape index (κ3) is 3.34. The van der Waals surface area contributed by atoms with Gasteiger partial charge in [0.25, 0.3) is 0 Å². The molecule has 0 atom stereocenters. The van der Waals surface area contributed by atoms with Crippen LogP contribution >= 0.6 is 11.3 Å². The van der Waals surface area contributed by atoms with Gasteiger partial charge in [0.1, 0.15) is 0 Å². The molecule has 0 aliphatic heterocycles. The van der Waals surface area contributed by atoms with Crippen LogP contribution < -0.4 is 5.32 Å². The topological polar surface area (TPSA) is 49.3 Å². The molecule has 1 heterocycles. The Hall–Kier alpha value is -1.81. The minimum absolute atomic E-state index is 0.106. The summed E-state index contributed by atoms with van der Waals surface area (Å²) in [5.41, 5.74) is 2.32. The lowest BCUT2D eigenvalue weighted by atomic mass is 10.2. The van der Waals surface area contributed by atoms with Crippen LogP contribution in [0.4, 0.5) is 5.69 Å². The Morgan fingerprint density at radius 1 is 1.22 bits per heavy atom. The maximum absolute atomic E-state index is 10.6. The van der Waals surface area contributed by atoms with Crippen molar-refractivity contribution < 1.29 is 9.90 Å². The number of rotatable bonds is 5. The number of benzene rings is 1. The normalized spacial score (nSPS) is 10.3. The van der Waals surface area contributed by atoms with E-state index in [1.54, 1.807) is 11.3 Å². The Morgan fingerprint density at radius 2 is 1.94 bits per heavy atom. The third-order valence-corrected chi connectivity index (χ3v) is 3.73. The molecule has 0 saturated heterocycles. The van der Waals surface area contributed by atoms with Gasteiger partial charge in [0, 0.05) is 22.0 Å². The molecule has 4 heteroatoms. The van der Waals surface area contributed by atoms with Crippen LogP contribution in [-0.4, -0.2) is 11.1 Å². The number of thiophene rings is 1. The van der Waals surface area contributed by atoms with Crippen molar-refractivity contribution in [2.24, 2.45) is 0 Å². The number of carbonyl (C=O) groups is 1. The minimum Gasteiger partial charge on any atom is -0.481 e. The highest BCUT2D eigenvalue weighted by atomic mass is 32.1. The summed E-state index contributed by atoms with van der Waals surface area (Å²) in [6.45, 7) is 2.79. The highest BCUT2D eigenvalue weighted by Crippen LogP contribution is 2.20. The number of aliphatic carboxylic acids is 1. The van der Waals surface area contributed by atoms with Gasteiger partial charge < -0.3 is 10.4 Å². The van der Waals surface area contributed by atoms with E-state index >= 15 is 0 Å². The fraction of sp³-hybridized carbons (Fsp3) is 0.214. The van der Waals surface area contributed by atoms with Gasteiger partial charge in [-0.25, -0.2) is 0 Å². The smallest absolute Gasteiger partial charge is 0.308 e. The Balaban J connectivity index is 1.96. The van der Waals surface area contributed by atoms with Crippen LogP contribution in [0, 0.1) is 6.92 Å². The van der Waals surface area contributed by atoms with Crippen molar-refractivity contribution >= 4 is 23.0 Å². The zero-order valence-electron chi connectivity index (χ0n) is 10.1. The summed E-state index contributed by atoms with van der Waals surface area (Å²) < 4.78 is 0. The highest BCUT2D eigenvalue weighted by Gasteiger charge is 2.04. The number of hydrogen-bond donors (Lipinski definition) is 2. The molecule has 0 fully saturated rings. The minimum atomic E-state index is -0.782. The zero-order valence-corrected chi connectivity index (χ0v) is 11.0. The summed E-state index contributed by atoms with van der Waals surface area (Å²) in [7, 11) is 0. The first-order valence-corrected chi connectivity index (χ1v) is 6.55. The Morgan fingerprint density at radius 3 is 2.67 bits per heavy atom. The van der Waals surface area contributed by atoms with E-state index in [-0.39, 0.29) is 6.42 Å². The molecule has 2 aromatic rings.